The van der Waals surface area contributed by atoms with E-state index in [0.717, 1.165) is 16.7 Å². The van der Waals surface area contributed by atoms with E-state index >= 15 is 0 Å². The average Bonchev–Trinajstić information content (AvgIpc) is 2.61. The Balaban J connectivity index is 2.09. The van der Waals surface area contributed by atoms with E-state index in [9.17, 15) is 18.3 Å². The maximum absolute atomic E-state index is 11.5. The van der Waals surface area contributed by atoms with Crippen LogP contribution in [0.5, 0.6) is 0 Å². The fourth-order valence-electron chi connectivity index (χ4n) is 2.44. The molecule has 8 heteroatoms. The number of sulfone groups is 1. The molecule has 2 aromatic carbocycles. The van der Waals surface area contributed by atoms with Crippen molar-refractivity contribution in [3.05, 3.63) is 54.1 Å². The lowest BCUT2D eigenvalue weighted by Gasteiger charge is -2.17. The third kappa shape index (κ3) is 5.71. The monoisotopic (exact) mass is 415 g/mol. The van der Waals surface area contributed by atoms with E-state index in [1.54, 1.807) is 24.3 Å². The SMILES string of the molecule is CS(=O)(=O)c1ccc(-c2ccc(CC(CO)NC(=O)C(Cl)Cl)cc2)cc1. The molecular formula is C18H19Cl2NO4S. The fourth-order valence-corrected chi connectivity index (χ4v) is 3.19. The zero-order valence-electron chi connectivity index (χ0n) is 14.0. The number of rotatable bonds is 7. The number of amides is 1. The predicted octanol–water partition coefficient (Wildman–Crippen LogP) is 2.58. The van der Waals surface area contributed by atoms with Crippen molar-refractivity contribution in [1.29, 1.82) is 0 Å². The van der Waals surface area contributed by atoms with Gasteiger partial charge in [-0.15, -0.1) is 0 Å². The van der Waals surface area contributed by atoms with Crippen LogP contribution in [0.1, 0.15) is 5.56 Å². The highest BCUT2D eigenvalue weighted by Gasteiger charge is 2.17. The summed E-state index contributed by atoms with van der Waals surface area (Å²) >= 11 is 11.0. The van der Waals surface area contributed by atoms with Crippen molar-refractivity contribution in [2.75, 3.05) is 12.9 Å². The number of hydrogen-bond donors (Lipinski definition) is 2. The number of alkyl halides is 2. The molecule has 0 aliphatic rings. The summed E-state index contributed by atoms with van der Waals surface area (Å²) in [5, 5.41) is 12.0. The van der Waals surface area contributed by atoms with Crippen LogP contribution in [-0.4, -0.2) is 43.2 Å². The van der Waals surface area contributed by atoms with E-state index in [0.29, 0.717) is 6.42 Å². The van der Waals surface area contributed by atoms with E-state index in [1.807, 2.05) is 24.3 Å². The van der Waals surface area contributed by atoms with Gasteiger partial charge < -0.3 is 10.4 Å². The third-order valence-electron chi connectivity index (χ3n) is 3.82. The van der Waals surface area contributed by atoms with Crippen LogP contribution in [0.4, 0.5) is 0 Å². The molecular weight excluding hydrogens is 397 g/mol. The van der Waals surface area contributed by atoms with Crippen LogP contribution in [0.25, 0.3) is 11.1 Å². The van der Waals surface area contributed by atoms with E-state index < -0.39 is 26.6 Å². The minimum atomic E-state index is -3.22. The molecule has 0 spiro atoms. The lowest BCUT2D eigenvalue weighted by atomic mass is 10.0. The largest absolute Gasteiger partial charge is 0.394 e. The number of halogens is 2. The van der Waals surface area contributed by atoms with Crippen LogP contribution in [0, 0.1) is 0 Å². The highest BCUT2D eigenvalue weighted by atomic mass is 35.5. The second-order valence-electron chi connectivity index (χ2n) is 5.89. The Kier molecular flexibility index (Phi) is 7.06. The van der Waals surface area contributed by atoms with Gasteiger partial charge in [-0.25, -0.2) is 8.42 Å². The number of benzene rings is 2. The molecule has 0 saturated carbocycles. The van der Waals surface area contributed by atoms with E-state index in [-0.39, 0.29) is 11.5 Å². The van der Waals surface area contributed by atoms with E-state index in [4.69, 9.17) is 23.2 Å². The summed E-state index contributed by atoms with van der Waals surface area (Å²) < 4.78 is 23.0. The van der Waals surface area contributed by atoms with Gasteiger partial charge in [0.05, 0.1) is 17.5 Å². The molecule has 1 amide bonds. The molecule has 2 N–H and O–H groups in total. The van der Waals surface area contributed by atoms with Gasteiger partial charge in [0.1, 0.15) is 0 Å². The molecule has 0 heterocycles. The Morgan fingerprint density at radius 1 is 1.04 bits per heavy atom. The summed E-state index contributed by atoms with van der Waals surface area (Å²) in [7, 11) is -3.22. The average molecular weight is 416 g/mol. The second-order valence-corrected chi connectivity index (χ2v) is 9.00. The molecule has 2 aromatic rings. The lowest BCUT2D eigenvalue weighted by Crippen LogP contribution is -2.41. The molecule has 0 fully saturated rings. The lowest BCUT2D eigenvalue weighted by molar-refractivity contribution is -0.120. The van der Waals surface area contributed by atoms with E-state index in [1.165, 1.54) is 6.26 Å². The summed E-state index contributed by atoms with van der Waals surface area (Å²) in [6.45, 7) is -0.235. The minimum absolute atomic E-state index is 0.235. The Bertz CT molecular complexity index is 850. The number of nitrogens with one attached hydrogen (secondary N) is 1. The highest BCUT2D eigenvalue weighted by Crippen LogP contribution is 2.22. The number of aliphatic hydroxyl groups is 1. The fraction of sp³-hybridized carbons (Fsp3) is 0.278. The van der Waals surface area contributed by atoms with Crippen molar-refractivity contribution >= 4 is 38.9 Å². The Hall–Kier alpha value is -1.60. The van der Waals surface area contributed by atoms with Crippen LogP contribution < -0.4 is 5.32 Å². The van der Waals surface area contributed by atoms with Crippen molar-refractivity contribution in [3.8, 4) is 11.1 Å². The maximum Gasteiger partial charge on any atom is 0.253 e. The molecule has 0 radical (unpaired) electrons. The maximum atomic E-state index is 11.5. The number of aliphatic hydroxyl groups excluding tert-OH is 1. The first kappa shape index (κ1) is 20.7. The molecule has 2 rings (SSSR count). The van der Waals surface area contributed by atoms with Gasteiger partial charge in [-0.2, -0.15) is 0 Å². The molecule has 0 saturated heterocycles. The Morgan fingerprint density at radius 3 is 1.96 bits per heavy atom. The molecule has 0 bridgehead atoms. The van der Waals surface area contributed by atoms with Crippen molar-refractivity contribution in [1.82, 2.24) is 5.32 Å². The van der Waals surface area contributed by atoms with Gasteiger partial charge in [0, 0.05) is 6.26 Å². The molecule has 26 heavy (non-hydrogen) atoms. The number of carbonyl (C=O) groups is 1. The molecule has 0 aromatic heterocycles. The molecule has 0 aliphatic heterocycles. The minimum Gasteiger partial charge on any atom is -0.394 e. The van der Waals surface area contributed by atoms with Gasteiger partial charge in [0.2, 0.25) is 0 Å². The summed E-state index contributed by atoms with van der Waals surface area (Å²) in [5.41, 5.74) is 2.74. The zero-order chi connectivity index (χ0) is 19.3. The summed E-state index contributed by atoms with van der Waals surface area (Å²) in [6.07, 6.45) is 1.60. The highest BCUT2D eigenvalue weighted by molar-refractivity contribution is 7.90. The smallest absolute Gasteiger partial charge is 0.253 e. The molecule has 1 unspecified atom stereocenters. The van der Waals surface area contributed by atoms with Crippen molar-refractivity contribution < 1.29 is 18.3 Å². The van der Waals surface area contributed by atoms with Gasteiger partial charge in [0.25, 0.3) is 5.91 Å². The van der Waals surface area contributed by atoms with Crippen LogP contribution in [0.2, 0.25) is 0 Å². The predicted molar refractivity (Wildman–Crippen MR) is 103 cm³/mol. The van der Waals surface area contributed by atoms with Crippen molar-refractivity contribution in [3.63, 3.8) is 0 Å². The first-order valence-electron chi connectivity index (χ1n) is 7.79. The summed E-state index contributed by atoms with van der Waals surface area (Å²) in [4.78, 5) is 10.6. The van der Waals surface area contributed by atoms with Crippen LogP contribution >= 0.6 is 23.2 Å². The van der Waals surface area contributed by atoms with Crippen LogP contribution in [0.15, 0.2) is 53.4 Å². The molecule has 140 valence electrons. The van der Waals surface area contributed by atoms with Gasteiger partial charge in [-0.3, -0.25) is 4.79 Å². The first-order chi connectivity index (χ1) is 12.2. The van der Waals surface area contributed by atoms with Gasteiger partial charge in [-0.05, 0) is 35.2 Å². The number of carbonyl (C=O) groups excluding carboxylic acids is 1. The standard InChI is InChI=1S/C18H19Cl2NO4S/c1-26(24,25)16-8-6-14(7-9-16)13-4-2-12(3-5-13)10-15(11-22)21-18(23)17(19)20/h2-9,15,17,22H,10-11H2,1H3,(H,21,23). The topological polar surface area (TPSA) is 83.5 Å². The number of hydrogen-bond acceptors (Lipinski definition) is 4. The summed E-state index contributed by atoms with van der Waals surface area (Å²) in [5.74, 6) is -0.546. The quantitative estimate of drug-likeness (QED) is 0.680. The molecule has 5 nitrogen and oxygen atoms in total. The van der Waals surface area contributed by atoms with Crippen molar-refractivity contribution in [2.24, 2.45) is 0 Å². The first-order valence-corrected chi connectivity index (χ1v) is 10.6. The van der Waals surface area contributed by atoms with Crippen LogP contribution in [0.3, 0.4) is 0 Å². The van der Waals surface area contributed by atoms with Gasteiger partial charge in [0.15, 0.2) is 14.7 Å². The molecule has 0 aliphatic carbocycles. The van der Waals surface area contributed by atoms with Crippen LogP contribution in [-0.2, 0) is 21.1 Å². The Labute approximate surface area is 162 Å². The van der Waals surface area contributed by atoms with E-state index in [2.05, 4.69) is 5.32 Å². The van der Waals surface area contributed by atoms with Gasteiger partial charge in [-0.1, -0.05) is 59.6 Å². The third-order valence-corrected chi connectivity index (χ3v) is 5.34. The normalized spacial score (nSPS) is 12.8. The van der Waals surface area contributed by atoms with Gasteiger partial charge >= 0.3 is 0 Å². The van der Waals surface area contributed by atoms with Crippen molar-refractivity contribution in [2.45, 2.75) is 22.2 Å². The summed E-state index contributed by atoms with van der Waals surface area (Å²) in [6, 6.07) is 13.7. The Morgan fingerprint density at radius 2 is 1.54 bits per heavy atom. The zero-order valence-corrected chi connectivity index (χ0v) is 16.4. The molecule has 1 atom stereocenters. The second kappa shape index (κ2) is 8.86.